The third-order valence-electron chi connectivity index (χ3n) is 2.96. The Labute approximate surface area is 115 Å². The van der Waals surface area contributed by atoms with Crippen molar-refractivity contribution in [3.8, 4) is 0 Å². The first-order chi connectivity index (χ1) is 8.60. The average molecular weight is 287 g/mol. The van der Waals surface area contributed by atoms with Gasteiger partial charge in [0.1, 0.15) is 11.9 Å². The minimum atomic E-state index is -0.789. The van der Waals surface area contributed by atoms with Gasteiger partial charge < -0.3 is 5.11 Å². The highest BCUT2D eigenvalue weighted by Crippen LogP contribution is 2.26. The van der Waals surface area contributed by atoms with E-state index in [9.17, 15) is 9.90 Å². The molecule has 1 aromatic heterocycles. The van der Waals surface area contributed by atoms with Crippen LogP contribution in [0, 0.1) is 0 Å². The van der Waals surface area contributed by atoms with Gasteiger partial charge in [0.2, 0.25) is 0 Å². The van der Waals surface area contributed by atoms with Gasteiger partial charge in [-0.2, -0.15) is 4.37 Å². The molecule has 1 aliphatic carbocycles. The zero-order valence-electron chi connectivity index (χ0n) is 10.3. The van der Waals surface area contributed by atoms with Gasteiger partial charge in [-0.3, -0.25) is 10.1 Å². The predicted octanol–water partition coefficient (Wildman–Crippen LogP) is 2.01. The quantitative estimate of drug-likeness (QED) is 0.563. The number of aliphatic carboxylic acids is 1. The van der Waals surface area contributed by atoms with Crippen molar-refractivity contribution in [3.05, 3.63) is 6.33 Å². The number of nitrogens with zero attached hydrogens (tertiary/aromatic N) is 2. The van der Waals surface area contributed by atoms with E-state index in [1.807, 2.05) is 0 Å². The van der Waals surface area contributed by atoms with Gasteiger partial charge in [-0.25, -0.2) is 4.98 Å². The lowest BCUT2D eigenvalue weighted by Gasteiger charge is -2.26. The van der Waals surface area contributed by atoms with E-state index in [0.29, 0.717) is 12.5 Å². The summed E-state index contributed by atoms with van der Waals surface area (Å²) in [5.74, 6) is 0.125. The summed E-state index contributed by atoms with van der Waals surface area (Å²) in [6.07, 6.45) is 5.24. The van der Waals surface area contributed by atoms with E-state index in [0.717, 1.165) is 29.4 Å². The molecule has 1 fully saturated rings. The van der Waals surface area contributed by atoms with Crippen molar-refractivity contribution in [2.45, 2.75) is 48.5 Å². The number of thioether (sulfide) groups is 1. The van der Waals surface area contributed by atoms with Gasteiger partial charge >= 0.3 is 5.97 Å². The summed E-state index contributed by atoms with van der Waals surface area (Å²) in [7, 11) is 0. The highest BCUT2D eigenvalue weighted by Gasteiger charge is 2.37. The molecule has 1 saturated carbocycles. The molecule has 1 aliphatic rings. The first-order valence-electron chi connectivity index (χ1n) is 6.01. The van der Waals surface area contributed by atoms with Crippen molar-refractivity contribution in [1.82, 2.24) is 14.7 Å². The lowest BCUT2D eigenvalue weighted by Crippen LogP contribution is -2.50. The highest BCUT2D eigenvalue weighted by molar-refractivity contribution is 8.00. The number of hydrogen-bond donors (Lipinski definition) is 2. The Morgan fingerprint density at radius 2 is 2.50 bits per heavy atom. The molecule has 1 heterocycles. The molecule has 1 aromatic rings. The molecule has 2 rings (SSSR count). The van der Waals surface area contributed by atoms with Crippen LogP contribution in [-0.4, -0.2) is 37.8 Å². The van der Waals surface area contributed by atoms with Crippen molar-refractivity contribution in [1.29, 1.82) is 0 Å². The summed E-state index contributed by atoms with van der Waals surface area (Å²) >= 11 is 3.02. The molecule has 0 aromatic carbocycles. The number of hydrogen-bond acceptors (Lipinski definition) is 6. The molecule has 0 aliphatic heterocycles. The van der Waals surface area contributed by atoms with Crippen molar-refractivity contribution in [2.75, 3.05) is 5.75 Å². The highest BCUT2D eigenvalue weighted by atomic mass is 32.2. The Balaban J connectivity index is 1.73. The largest absolute Gasteiger partial charge is 0.480 e. The SMILES string of the molecule is CC(CCCSc1ncns1)(NC1CC1)C(=O)O. The van der Waals surface area contributed by atoms with Gasteiger partial charge in [-0.05, 0) is 44.1 Å². The molecule has 0 bridgehead atoms. The lowest BCUT2D eigenvalue weighted by molar-refractivity contribution is -0.144. The number of aromatic nitrogens is 2. The standard InChI is InChI=1S/C11H17N3O2S2/c1-11(9(15)16,14-8-3-4-8)5-2-6-17-10-12-7-13-18-10/h7-8,14H,2-6H2,1H3,(H,15,16). The Morgan fingerprint density at radius 3 is 3.06 bits per heavy atom. The normalized spacial score (nSPS) is 18.5. The fourth-order valence-electron chi connectivity index (χ4n) is 1.73. The van der Waals surface area contributed by atoms with Crippen LogP contribution in [0.15, 0.2) is 10.7 Å². The average Bonchev–Trinajstić information content (AvgIpc) is 2.97. The van der Waals surface area contributed by atoms with Gasteiger partial charge in [0.25, 0.3) is 0 Å². The molecular formula is C11H17N3O2S2. The molecular weight excluding hydrogens is 270 g/mol. The van der Waals surface area contributed by atoms with E-state index in [-0.39, 0.29) is 0 Å². The van der Waals surface area contributed by atoms with E-state index in [1.165, 1.54) is 11.5 Å². The smallest absolute Gasteiger partial charge is 0.323 e. The van der Waals surface area contributed by atoms with Crippen molar-refractivity contribution in [3.63, 3.8) is 0 Å². The van der Waals surface area contributed by atoms with Gasteiger partial charge in [0, 0.05) is 11.8 Å². The number of carboxylic acids is 1. The van der Waals surface area contributed by atoms with Crippen LogP contribution in [0.5, 0.6) is 0 Å². The second kappa shape index (κ2) is 5.99. The van der Waals surface area contributed by atoms with Gasteiger partial charge in [-0.15, -0.1) is 0 Å². The second-order valence-corrected chi connectivity index (χ2v) is 6.84. The Hall–Kier alpha value is -0.660. The second-order valence-electron chi connectivity index (χ2n) is 4.72. The fraction of sp³-hybridized carbons (Fsp3) is 0.727. The van der Waals surface area contributed by atoms with Gasteiger partial charge in [-0.1, -0.05) is 11.8 Å². The van der Waals surface area contributed by atoms with E-state index >= 15 is 0 Å². The van der Waals surface area contributed by atoms with Crippen LogP contribution < -0.4 is 5.32 Å². The predicted molar refractivity (Wildman–Crippen MR) is 72.1 cm³/mol. The van der Waals surface area contributed by atoms with Crippen LogP contribution in [0.1, 0.15) is 32.6 Å². The van der Waals surface area contributed by atoms with Crippen LogP contribution >= 0.6 is 23.3 Å². The molecule has 0 spiro atoms. The maximum Gasteiger partial charge on any atom is 0.323 e. The zero-order chi connectivity index (χ0) is 13.0. The maximum absolute atomic E-state index is 11.3. The van der Waals surface area contributed by atoms with E-state index in [2.05, 4.69) is 14.7 Å². The molecule has 5 nitrogen and oxygen atoms in total. The Kier molecular flexibility index (Phi) is 4.58. The Bertz CT molecular complexity index is 395. The first-order valence-corrected chi connectivity index (χ1v) is 7.76. The summed E-state index contributed by atoms with van der Waals surface area (Å²) < 4.78 is 4.88. The maximum atomic E-state index is 11.3. The van der Waals surface area contributed by atoms with Gasteiger partial charge in [0.15, 0.2) is 4.34 Å². The van der Waals surface area contributed by atoms with Crippen LogP contribution in [0.25, 0.3) is 0 Å². The molecule has 2 N–H and O–H groups in total. The lowest BCUT2D eigenvalue weighted by atomic mass is 9.96. The summed E-state index contributed by atoms with van der Waals surface area (Å²) in [5.41, 5.74) is -0.789. The number of carboxylic acid groups (broad SMARTS) is 1. The zero-order valence-corrected chi connectivity index (χ0v) is 11.9. The number of nitrogens with one attached hydrogen (secondary N) is 1. The van der Waals surface area contributed by atoms with Crippen LogP contribution in [-0.2, 0) is 4.79 Å². The summed E-state index contributed by atoms with van der Waals surface area (Å²) in [5, 5.41) is 12.5. The minimum Gasteiger partial charge on any atom is -0.480 e. The van der Waals surface area contributed by atoms with Crippen LogP contribution in [0.4, 0.5) is 0 Å². The third kappa shape index (κ3) is 3.93. The molecule has 1 unspecified atom stereocenters. The van der Waals surface area contributed by atoms with E-state index in [4.69, 9.17) is 0 Å². The van der Waals surface area contributed by atoms with E-state index < -0.39 is 11.5 Å². The first kappa shape index (κ1) is 13.8. The molecule has 0 radical (unpaired) electrons. The summed E-state index contributed by atoms with van der Waals surface area (Å²) in [6.45, 7) is 1.78. The molecule has 0 saturated heterocycles. The van der Waals surface area contributed by atoms with Crippen LogP contribution in [0.3, 0.4) is 0 Å². The molecule has 100 valence electrons. The fourth-order valence-corrected chi connectivity index (χ4v) is 3.18. The van der Waals surface area contributed by atoms with E-state index in [1.54, 1.807) is 25.0 Å². The topological polar surface area (TPSA) is 75.1 Å². The number of rotatable bonds is 8. The van der Waals surface area contributed by atoms with Gasteiger partial charge in [0.05, 0.1) is 0 Å². The summed E-state index contributed by atoms with van der Waals surface area (Å²) in [4.78, 5) is 15.4. The number of carbonyl (C=O) groups is 1. The molecule has 18 heavy (non-hydrogen) atoms. The van der Waals surface area contributed by atoms with Crippen molar-refractivity contribution >= 4 is 29.3 Å². The molecule has 7 heteroatoms. The molecule has 0 amide bonds. The van der Waals surface area contributed by atoms with Crippen LogP contribution in [0.2, 0.25) is 0 Å². The van der Waals surface area contributed by atoms with Crippen molar-refractivity contribution in [2.24, 2.45) is 0 Å². The molecule has 1 atom stereocenters. The minimum absolute atomic E-state index is 0.405. The summed E-state index contributed by atoms with van der Waals surface area (Å²) in [6, 6.07) is 0.405. The third-order valence-corrected chi connectivity index (χ3v) is 4.84. The Morgan fingerprint density at radius 1 is 1.72 bits per heavy atom. The van der Waals surface area contributed by atoms with Crippen molar-refractivity contribution < 1.29 is 9.90 Å². The monoisotopic (exact) mass is 287 g/mol.